The SMILES string of the molecule is c1ccc(N(c2ccc(N3CCN(c4ccc5c(c4)c4ccccc4n5-c4ccccc4)c4ccccc43)cc2)c2cccc3ccccc23)cc1. The summed E-state index contributed by atoms with van der Waals surface area (Å²) in [6.07, 6.45) is 0. The lowest BCUT2D eigenvalue weighted by atomic mass is 10.1. The highest BCUT2D eigenvalue weighted by atomic mass is 15.3. The van der Waals surface area contributed by atoms with Crippen molar-refractivity contribution in [2.24, 2.45) is 0 Å². The minimum atomic E-state index is 0.867. The van der Waals surface area contributed by atoms with E-state index in [0.717, 1.165) is 24.5 Å². The van der Waals surface area contributed by atoms with E-state index in [1.165, 1.54) is 66.7 Å². The van der Waals surface area contributed by atoms with E-state index in [1.807, 2.05) is 0 Å². The molecule has 0 spiro atoms. The zero-order valence-corrected chi connectivity index (χ0v) is 28.7. The summed E-state index contributed by atoms with van der Waals surface area (Å²) in [7, 11) is 0. The zero-order valence-electron chi connectivity index (χ0n) is 28.7. The summed E-state index contributed by atoms with van der Waals surface area (Å²) < 4.78 is 2.38. The van der Waals surface area contributed by atoms with Crippen LogP contribution in [0.2, 0.25) is 0 Å². The van der Waals surface area contributed by atoms with Crippen molar-refractivity contribution in [1.82, 2.24) is 4.57 Å². The Morgan fingerprint density at radius 1 is 0.365 bits per heavy atom. The normalized spacial score (nSPS) is 12.8. The molecule has 1 aliphatic rings. The maximum atomic E-state index is 2.48. The van der Waals surface area contributed by atoms with E-state index in [-0.39, 0.29) is 0 Å². The third-order valence-corrected chi connectivity index (χ3v) is 10.4. The van der Waals surface area contributed by atoms with E-state index < -0.39 is 0 Å². The number of rotatable bonds is 6. The van der Waals surface area contributed by atoms with Crippen molar-refractivity contribution < 1.29 is 0 Å². The van der Waals surface area contributed by atoms with E-state index >= 15 is 0 Å². The molecule has 10 rings (SSSR count). The summed E-state index contributed by atoms with van der Waals surface area (Å²) in [5.41, 5.74) is 11.9. The van der Waals surface area contributed by atoms with E-state index in [1.54, 1.807) is 0 Å². The third kappa shape index (κ3) is 4.99. The molecular formula is C48H36N4. The number of nitrogens with zero attached hydrogens (tertiary/aromatic N) is 4. The summed E-state index contributed by atoms with van der Waals surface area (Å²) in [5.74, 6) is 0. The Balaban J connectivity index is 1.02. The first kappa shape index (κ1) is 30.1. The highest BCUT2D eigenvalue weighted by molar-refractivity contribution is 6.10. The average Bonchev–Trinajstić information content (AvgIpc) is 3.55. The van der Waals surface area contributed by atoms with Crippen LogP contribution in [0.1, 0.15) is 0 Å². The Hall–Kier alpha value is -6.78. The molecular weight excluding hydrogens is 633 g/mol. The van der Waals surface area contributed by atoms with Crippen molar-refractivity contribution in [2.75, 3.05) is 27.8 Å². The molecule has 4 nitrogen and oxygen atoms in total. The summed E-state index contributed by atoms with van der Waals surface area (Å²) in [6.45, 7) is 1.74. The predicted molar refractivity (Wildman–Crippen MR) is 220 cm³/mol. The van der Waals surface area contributed by atoms with Crippen molar-refractivity contribution in [1.29, 1.82) is 0 Å². The van der Waals surface area contributed by atoms with Crippen LogP contribution in [0.25, 0.3) is 38.3 Å². The Bertz CT molecular complexity index is 2690. The molecule has 0 amide bonds. The van der Waals surface area contributed by atoms with Gasteiger partial charge in [-0.15, -0.1) is 0 Å². The molecule has 0 bridgehead atoms. The highest BCUT2D eigenvalue weighted by Gasteiger charge is 2.26. The summed E-state index contributed by atoms with van der Waals surface area (Å²) in [6, 6.07) is 70.1. The molecule has 0 saturated heterocycles. The Kier molecular flexibility index (Phi) is 7.24. The summed E-state index contributed by atoms with van der Waals surface area (Å²) >= 11 is 0. The van der Waals surface area contributed by atoms with Gasteiger partial charge in [0.05, 0.1) is 28.1 Å². The van der Waals surface area contributed by atoms with Gasteiger partial charge in [-0.25, -0.2) is 0 Å². The van der Waals surface area contributed by atoms with Gasteiger partial charge in [-0.3, -0.25) is 0 Å². The molecule has 0 N–H and O–H groups in total. The number of hydrogen-bond donors (Lipinski definition) is 0. The molecule has 0 saturated carbocycles. The van der Waals surface area contributed by atoms with Gasteiger partial charge >= 0.3 is 0 Å². The van der Waals surface area contributed by atoms with Crippen molar-refractivity contribution >= 4 is 72.4 Å². The second-order valence-electron chi connectivity index (χ2n) is 13.4. The van der Waals surface area contributed by atoms with Gasteiger partial charge in [0.15, 0.2) is 0 Å². The largest absolute Gasteiger partial charge is 0.338 e. The minimum absolute atomic E-state index is 0.867. The van der Waals surface area contributed by atoms with Crippen molar-refractivity contribution in [3.63, 3.8) is 0 Å². The number of anilines is 7. The summed E-state index contributed by atoms with van der Waals surface area (Å²) in [4.78, 5) is 7.30. The first-order valence-electron chi connectivity index (χ1n) is 18.0. The second kappa shape index (κ2) is 12.5. The number of benzene rings is 8. The predicted octanol–water partition coefficient (Wildman–Crippen LogP) is 12.7. The lowest BCUT2D eigenvalue weighted by Gasteiger charge is -2.39. The van der Waals surface area contributed by atoms with Gasteiger partial charge in [0, 0.05) is 57.7 Å². The number of para-hydroxylation sites is 5. The topological polar surface area (TPSA) is 14.7 Å². The van der Waals surface area contributed by atoms with Crippen LogP contribution in [0.15, 0.2) is 194 Å². The molecule has 0 atom stereocenters. The van der Waals surface area contributed by atoms with Gasteiger partial charge in [-0.1, -0.05) is 103 Å². The van der Waals surface area contributed by atoms with Crippen molar-refractivity contribution in [2.45, 2.75) is 0 Å². The van der Waals surface area contributed by atoms with Crippen molar-refractivity contribution in [3.05, 3.63) is 194 Å². The fraction of sp³-hybridized carbons (Fsp3) is 0.0417. The van der Waals surface area contributed by atoms with Crippen molar-refractivity contribution in [3.8, 4) is 5.69 Å². The quantitative estimate of drug-likeness (QED) is 0.175. The molecule has 0 fully saturated rings. The molecule has 1 aromatic heterocycles. The van der Waals surface area contributed by atoms with Crippen LogP contribution >= 0.6 is 0 Å². The van der Waals surface area contributed by atoms with E-state index in [0.29, 0.717) is 0 Å². The molecule has 248 valence electrons. The van der Waals surface area contributed by atoms with Crippen LogP contribution in [0.5, 0.6) is 0 Å². The third-order valence-electron chi connectivity index (χ3n) is 10.4. The molecule has 0 radical (unpaired) electrons. The molecule has 8 aromatic carbocycles. The standard InChI is InChI=1S/C48H36N4/c1-3-16-37(17-4-1)51(44-25-13-15-35-14-7-8-20-41(35)44)39-28-26-36(27-29-39)49-32-33-50(48-24-12-11-23-47(48)49)40-30-31-46-43(34-40)42-21-9-10-22-45(42)52(46)38-18-5-2-6-19-38/h1-31,34H,32-33H2. The van der Waals surface area contributed by atoms with Crippen LogP contribution in [0.3, 0.4) is 0 Å². The van der Waals surface area contributed by atoms with Crippen LogP contribution in [0.4, 0.5) is 39.8 Å². The lowest BCUT2D eigenvalue weighted by Crippen LogP contribution is -2.36. The van der Waals surface area contributed by atoms with Gasteiger partial charge in [0.1, 0.15) is 0 Å². The van der Waals surface area contributed by atoms with Gasteiger partial charge < -0.3 is 19.3 Å². The second-order valence-corrected chi connectivity index (χ2v) is 13.4. The van der Waals surface area contributed by atoms with Crippen LogP contribution < -0.4 is 14.7 Å². The smallest absolute Gasteiger partial charge is 0.0652 e. The lowest BCUT2D eigenvalue weighted by molar-refractivity contribution is 0.850. The van der Waals surface area contributed by atoms with Gasteiger partial charge in [-0.05, 0) is 96.4 Å². The van der Waals surface area contributed by atoms with Crippen LogP contribution in [0, 0.1) is 0 Å². The number of fused-ring (bicyclic) bond motifs is 5. The fourth-order valence-corrected chi connectivity index (χ4v) is 8.07. The zero-order chi connectivity index (χ0) is 34.4. The molecule has 0 unspecified atom stereocenters. The molecule has 0 aliphatic carbocycles. The monoisotopic (exact) mass is 668 g/mol. The highest BCUT2D eigenvalue weighted by Crippen LogP contribution is 2.44. The first-order chi connectivity index (χ1) is 25.8. The van der Waals surface area contributed by atoms with Gasteiger partial charge in [0.25, 0.3) is 0 Å². The molecule has 1 aliphatic heterocycles. The van der Waals surface area contributed by atoms with E-state index in [4.69, 9.17) is 0 Å². The van der Waals surface area contributed by atoms with E-state index in [9.17, 15) is 0 Å². The molecule has 9 aromatic rings. The maximum absolute atomic E-state index is 2.48. The molecule has 2 heterocycles. The first-order valence-corrected chi connectivity index (χ1v) is 18.0. The molecule has 52 heavy (non-hydrogen) atoms. The maximum Gasteiger partial charge on any atom is 0.0652 e. The number of aromatic nitrogens is 1. The Labute approximate surface area is 303 Å². The van der Waals surface area contributed by atoms with E-state index in [2.05, 4.69) is 213 Å². The Morgan fingerprint density at radius 2 is 0.923 bits per heavy atom. The van der Waals surface area contributed by atoms with Gasteiger partial charge in [-0.2, -0.15) is 0 Å². The van der Waals surface area contributed by atoms with Crippen LogP contribution in [-0.4, -0.2) is 17.7 Å². The summed E-state index contributed by atoms with van der Waals surface area (Å²) in [5, 5.41) is 4.99. The van der Waals surface area contributed by atoms with Gasteiger partial charge in [0.2, 0.25) is 0 Å². The number of hydrogen-bond acceptors (Lipinski definition) is 3. The van der Waals surface area contributed by atoms with Crippen LogP contribution in [-0.2, 0) is 0 Å². The molecule has 4 heteroatoms. The minimum Gasteiger partial charge on any atom is -0.338 e. The fourth-order valence-electron chi connectivity index (χ4n) is 8.07. The average molecular weight is 669 g/mol. The Morgan fingerprint density at radius 3 is 1.69 bits per heavy atom.